The van der Waals surface area contributed by atoms with Gasteiger partial charge in [0.25, 0.3) is 0 Å². The van der Waals surface area contributed by atoms with Crippen molar-refractivity contribution in [1.29, 1.82) is 0 Å². The van der Waals surface area contributed by atoms with Crippen LogP contribution in [-0.4, -0.2) is 24.2 Å². The van der Waals surface area contributed by atoms with Crippen molar-refractivity contribution in [2.75, 3.05) is 13.2 Å². The number of hydrogen-bond donors (Lipinski definition) is 1. The van der Waals surface area contributed by atoms with Gasteiger partial charge in [0.15, 0.2) is 0 Å². The zero-order valence-electron chi connectivity index (χ0n) is 12.0. The van der Waals surface area contributed by atoms with Crippen LogP contribution in [-0.2, 0) is 11.2 Å². The third-order valence-electron chi connectivity index (χ3n) is 3.03. The lowest BCUT2D eigenvalue weighted by atomic mass is 10.1. The summed E-state index contributed by atoms with van der Waals surface area (Å²) < 4.78 is 10.5. The van der Waals surface area contributed by atoms with Gasteiger partial charge in [-0.3, -0.25) is 4.79 Å². The number of carbonyl (C=O) groups is 1. The Morgan fingerprint density at radius 1 is 1.33 bits per heavy atom. The lowest BCUT2D eigenvalue weighted by Gasteiger charge is -2.07. The van der Waals surface area contributed by atoms with E-state index in [2.05, 4.69) is 10.5 Å². The van der Waals surface area contributed by atoms with Gasteiger partial charge >= 0.3 is 0 Å². The van der Waals surface area contributed by atoms with E-state index < -0.39 is 0 Å². The van der Waals surface area contributed by atoms with E-state index >= 15 is 0 Å². The van der Waals surface area contributed by atoms with Gasteiger partial charge in [-0.05, 0) is 38.1 Å². The number of amides is 1. The Balaban J connectivity index is 1.71. The highest BCUT2D eigenvalue weighted by atomic mass is 35.5. The molecule has 21 heavy (non-hydrogen) atoms. The third-order valence-corrected chi connectivity index (χ3v) is 3.28. The van der Waals surface area contributed by atoms with E-state index in [0.717, 1.165) is 17.0 Å². The lowest BCUT2D eigenvalue weighted by molar-refractivity contribution is -0.120. The summed E-state index contributed by atoms with van der Waals surface area (Å²) in [6, 6.07) is 7.09. The number of rotatable bonds is 6. The maximum Gasteiger partial charge on any atom is 0.224 e. The van der Waals surface area contributed by atoms with Gasteiger partial charge in [-0.25, -0.2) is 0 Å². The quantitative estimate of drug-likeness (QED) is 0.833. The van der Waals surface area contributed by atoms with Crippen LogP contribution in [0.2, 0.25) is 5.02 Å². The van der Waals surface area contributed by atoms with Crippen molar-refractivity contribution in [1.82, 2.24) is 10.5 Å². The zero-order valence-corrected chi connectivity index (χ0v) is 12.7. The molecule has 1 heterocycles. The van der Waals surface area contributed by atoms with Gasteiger partial charge in [0, 0.05) is 10.6 Å². The van der Waals surface area contributed by atoms with E-state index in [9.17, 15) is 4.79 Å². The van der Waals surface area contributed by atoms with Gasteiger partial charge in [-0.1, -0.05) is 16.8 Å². The number of nitrogens with zero attached hydrogens (tertiary/aromatic N) is 1. The highest BCUT2D eigenvalue weighted by Crippen LogP contribution is 2.15. The molecule has 0 aliphatic heterocycles. The molecular formula is C15H17ClN2O3. The SMILES string of the molecule is Cc1noc(C)c1CC(=O)NCCOc1ccc(Cl)cc1. The summed E-state index contributed by atoms with van der Waals surface area (Å²) in [5.41, 5.74) is 1.59. The summed E-state index contributed by atoms with van der Waals surface area (Å²) in [5.74, 6) is 1.32. The molecule has 0 atom stereocenters. The molecule has 0 aliphatic carbocycles. The second kappa shape index (κ2) is 7.13. The van der Waals surface area contributed by atoms with Gasteiger partial charge in [-0.2, -0.15) is 0 Å². The minimum Gasteiger partial charge on any atom is -0.492 e. The van der Waals surface area contributed by atoms with E-state index in [4.69, 9.17) is 20.9 Å². The molecule has 0 saturated carbocycles. The van der Waals surface area contributed by atoms with E-state index in [-0.39, 0.29) is 12.3 Å². The van der Waals surface area contributed by atoms with Crippen molar-refractivity contribution in [2.24, 2.45) is 0 Å². The predicted molar refractivity (Wildman–Crippen MR) is 79.6 cm³/mol. The Morgan fingerprint density at radius 2 is 2.05 bits per heavy atom. The summed E-state index contributed by atoms with van der Waals surface area (Å²) in [6.45, 7) is 4.45. The maximum absolute atomic E-state index is 11.8. The molecule has 0 radical (unpaired) electrons. The first-order valence-corrected chi connectivity index (χ1v) is 7.01. The number of aromatic nitrogens is 1. The zero-order chi connectivity index (χ0) is 15.2. The van der Waals surface area contributed by atoms with Gasteiger partial charge in [0.2, 0.25) is 5.91 Å². The molecule has 112 valence electrons. The van der Waals surface area contributed by atoms with Crippen molar-refractivity contribution in [3.05, 3.63) is 46.3 Å². The van der Waals surface area contributed by atoms with Gasteiger partial charge < -0.3 is 14.6 Å². The number of halogens is 1. The molecule has 0 spiro atoms. The number of nitrogens with one attached hydrogen (secondary N) is 1. The van der Waals surface area contributed by atoms with Crippen LogP contribution in [0.1, 0.15) is 17.0 Å². The van der Waals surface area contributed by atoms with E-state index in [1.54, 1.807) is 31.2 Å². The van der Waals surface area contributed by atoms with Crippen LogP contribution in [0.5, 0.6) is 5.75 Å². The Bertz CT molecular complexity index is 588. The molecule has 2 aromatic rings. The number of aryl methyl sites for hydroxylation is 2. The fourth-order valence-corrected chi connectivity index (χ4v) is 1.99. The summed E-state index contributed by atoms with van der Waals surface area (Å²) in [4.78, 5) is 11.8. The van der Waals surface area contributed by atoms with Crippen LogP contribution in [0.25, 0.3) is 0 Å². The molecule has 1 N–H and O–H groups in total. The summed E-state index contributed by atoms with van der Waals surface area (Å²) in [5, 5.41) is 7.28. The van der Waals surface area contributed by atoms with E-state index in [1.165, 1.54) is 0 Å². The molecule has 1 aromatic carbocycles. The fraction of sp³-hybridized carbons (Fsp3) is 0.333. The van der Waals surface area contributed by atoms with Crippen molar-refractivity contribution < 1.29 is 14.1 Å². The first-order chi connectivity index (χ1) is 10.1. The van der Waals surface area contributed by atoms with Crippen molar-refractivity contribution in [3.8, 4) is 5.75 Å². The molecule has 0 unspecified atom stereocenters. The second-order valence-corrected chi connectivity index (χ2v) is 5.07. The molecule has 2 rings (SSSR count). The molecule has 0 bridgehead atoms. The smallest absolute Gasteiger partial charge is 0.224 e. The second-order valence-electron chi connectivity index (χ2n) is 4.63. The Hall–Kier alpha value is -2.01. The summed E-state index contributed by atoms with van der Waals surface area (Å²) in [6.07, 6.45) is 0.266. The van der Waals surface area contributed by atoms with Crippen molar-refractivity contribution in [2.45, 2.75) is 20.3 Å². The Morgan fingerprint density at radius 3 is 2.67 bits per heavy atom. The van der Waals surface area contributed by atoms with Gasteiger partial charge in [-0.15, -0.1) is 0 Å². The Kier molecular flexibility index (Phi) is 5.22. The molecular weight excluding hydrogens is 292 g/mol. The number of benzene rings is 1. The highest BCUT2D eigenvalue weighted by molar-refractivity contribution is 6.30. The highest BCUT2D eigenvalue weighted by Gasteiger charge is 2.12. The molecule has 6 heteroatoms. The minimum atomic E-state index is -0.0795. The monoisotopic (exact) mass is 308 g/mol. The maximum atomic E-state index is 11.8. The average Bonchev–Trinajstić information content (AvgIpc) is 2.77. The lowest BCUT2D eigenvalue weighted by Crippen LogP contribution is -2.29. The van der Waals surface area contributed by atoms with Crippen molar-refractivity contribution >= 4 is 17.5 Å². The standard InChI is InChI=1S/C15H17ClN2O3/c1-10-14(11(2)21-18-10)9-15(19)17-7-8-20-13-5-3-12(16)4-6-13/h3-6H,7-9H2,1-2H3,(H,17,19). The van der Waals surface area contributed by atoms with Crippen LogP contribution in [0, 0.1) is 13.8 Å². The summed E-state index contributed by atoms with van der Waals surface area (Å²) in [7, 11) is 0. The third kappa shape index (κ3) is 4.49. The molecule has 0 saturated heterocycles. The van der Waals surface area contributed by atoms with Crippen LogP contribution in [0.15, 0.2) is 28.8 Å². The number of hydrogen-bond acceptors (Lipinski definition) is 4. The fourth-order valence-electron chi connectivity index (χ4n) is 1.87. The summed E-state index contributed by atoms with van der Waals surface area (Å²) >= 11 is 5.78. The van der Waals surface area contributed by atoms with E-state index in [1.807, 2.05) is 6.92 Å². The van der Waals surface area contributed by atoms with Gasteiger partial charge in [0.1, 0.15) is 18.1 Å². The normalized spacial score (nSPS) is 10.4. The largest absolute Gasteiger partial charge is 0.492 e. The minimum absolute atomic E-state index is 0.0795. The molecule has 0 fully saturated rings. The van der Waals surface area contributed by atoms with Crippen LogP contribution in [0.4, 0.5) is 0 Å². The van der Waals surface area contributed by atoms with Crippen LogP contribution < -0.4 is 10.1 Å². The predicted octanol–water partition coefficient (Wildman–Crippen LogP) is 2.68. The molecule has 0 aliphatic rings. The van der Waals surface area contributed by atoms with E-state index in [0.29, 0.717) is 23.9 Å². The van der Waals surface area contributed by atoms with Crippen LogP contribution >= 0.6 is 11.6 Å². The first kappa shape index (κ1) is 15.4. The average molecular weight is 309 g/mol. The van der Waals surface area contributed by atoms with Crippen LogP contribution in [0.3, 0.4) is 0 Å². The molecule has 1 aromatic heterocycles. The van der Waals surface area contributed by atoms with Gasteiger partial charge in [0.05, 0.1) is 18.7 Å². The Labute approximate surface area is 128 Å². The van der Waals surface area contributed by atoms with Crippen molar-refractivity contribution in [3.63, 3.8) is 0 Å². The topological polar surface area (TPSA) is 64.4 Å². The number of carbonyl (C=O) groups excluding carboxylic acids is 1. The first-order valence-electron chi connectivity index (χ1n) is 6.63. The molecule has 5 nitrogen and oxygen atoms in total. The molecule has 1 amide bonds. The number of ether oxygens (including phenoxy) is 1.